The summed E-state index contributed by atoms with van der Waals surface area (Å²) in [5.41, 5.74) is 0. The number of rotatable bonds is 9. The fourth-order valence-corrected chi connectivity index (χ4v) is 22.5. The van der Waals surface area contributed by atoms with E-state index in [1.165, 1.54) is 22.7 Å². The molecule has 0 fully saturated rings. The molecule has 0 atom stereocenters. The van der Waals surface area contributed by atoms with Crippen LogP contribution >= 0.6 is 44.1 Å². The summed E-state index contributed by atoms with van der Waals surface area (Å²) in [6, 6.07) is 63.8. The maximum absolute atomic E-state index is 17.6. The van der Waals surface area contributed by atoms with Crippen molar-refractivity contribution >= 4 is 111 Å². The van der Waals surface area contributed by atoms with Crippen molar-refractivity contribution in [2.24, 2.45) is 0 Å². The zero-order valence-electron chi connectivity index (χ0n) is 28.9. The normalized spacial score (nSPS) is 12.3. The molecule has 0 aliphatic heterocycles. The van der Waals surface area contributed by atoms with Crippen molar-refractivity contribution in [2.45, 2.75) is 0 Å². The van der Waals surface area contributed by atoms with E-state index in [9.17, 15) is 0 Å². The van der Waals surface area contributed by atoms with Gasteiger partial charge in [0.2, 0.25) is 0 Å². The van der Waals surface area contributed by atoms with E-state index in [4.69, 9.17) is 0 Å². The summed E-state index contributed by atoms with van der Waals surface area (Å²) in [6.07, 6.45) is 0. The van der Waals surface area contributed by atoms with Crippen LogP contribution in [-0.4, -0.2) is 0 Å². The molecule has 0 spiro atoms. The smallest absolute Gasteiger partial charge is 0.181 e. The van der Waals surface area contributed by atoms with E-state index >= 15 is 13.7 Å². The van der Waals surface area contributed by atoms with Gasteiger partial charge in [0.05, 0.1) is 19.8 Å². The lowest BCUT2D eigenvalue weighted by Gasteiger charge is -2.28. The van der Waals surface area contributed by atoms with E-state index in [-0.39, 0.29) is 0 Å². The second-order valence-corrected chi connectivity index (χ2v) is 23.7. The molecule has 54 heavy (non-hydrogen) atoms. The summed E-state index contributed by atoms with van der Waals surface area (Å²) in [5.74, 6) is 0. The second kappa shape index (κ2) is 14.1. The summed E-state index contributed by atoms with van der Waals surface area (Å²) in [4.78, 5) is 0. The van der Waals surface area contributed by atoms with Gasteiger partial charge in [0.1, 0.15) is 0 Å². The van der Waals surface area contributed by atoms with Crippen molar-refractivity contribution in [3.05, 3.63) is 200 Å². The predicted octanol–water partition coefficient (Wildman–Crippen LogP) is 9.03. The quantitative estimate of drug-likeness (QED) is 0.137. The van der Waals surface area contributed by atoms with Gasteiger partial charge in [-0.15, -0.1) is 22.7 Å². The number of fused-ring (bicyclic) bond motifs is 2. The minimum absolute atomic E-state index is 0.544. The second-order valence-electron chi connectivity index (χ2n) is 13.0. The van der Waals surface area contributed by atoms with Crippen LogP contribution in [0.4, 0.5) is 0 Å². The van der Waals surface area contributed by atoms with Gasteiger partial charge in [-0.2, -0.15) is 0 Å². The molecule has 7 aromatic carbocycles. The van der Waals surface area contributed by atoms with Gasteiger partial charge in [0.25, 0.3) is 0 Å². The van der Waals surface area contributed by atoms with Crippen molar-refractivity contribution in [1.29, 1.82) is 0 Å². The fourth-order valence-electron chi connectivity index (χ4n) is 7.40. The molecule has 262 valence electrons. The highest BCUT2D eigenvalue weighted by atomic mass is 32.1. The summed E-state index contributed by atoms with van der Waals surface area (Å²) >= 11 is 2.90. The van der Waals surface area contributed by atoms with Gasteiger partial charge in [0.15, 0.2) is 21.4 Å². The van der Waals surface area contributed by atoms with Crippen LogP contribution in [0.3, 0.4) is 0 Å². The molecule has 9 aromatic rings. The Balaban J connectivity index is 1.49. The fraction of sp³-hybridized carbons (Fsp3) is 0. The molecular formula is C46H33O3P3S2. The van der Waals surface area contributed by atoms with Crippen molar-refractivity contribution in [3.8, 4) is 0 Å². The summed E-state index contributed by atoms with van der Waals surface area (Å²) in [7, 11) is -11.4. The van der Waals surface area contributed by atoms with E-state index in [1.807, 2.05) is 200 Å². The Morgan fingerprint density at radius 2 is 0.519 bits per heavy atom. The highest BCUT2D eigenvalue weighted by Gasteiger charge is 2.47. The van der Waals surface area contributed by atoms with Gasteiger partial charge in [-0.3, -0.25) is 0 Å². The number of hydrogen-bond donors (Lipinski definition) is 0. The Bertz CT molecular complexity index is 2640. The first-order valence-electron chi connectivity index (χ1n) is 17.6. The van der Waals surface area contributed by atoms with E-state index < -0.39 is 21.4 Å². The Morgan fingerprint density at radius 1 is 0.278 bits per heavy atom. The molecule has 8 heteroatoms. The molecule has 0 amide bonds. The number of hydrogen-bond acceptors (Lipinski definition) is 5. The summed E-state index contributed by atoms with van der Waals surface area (Å²) in [6.45, 7) is 0. The van der Waals surface area contributed by atoms with Crippen LogP contribution in [0.15, 0.2) is 200 Å². The average Bonchev–Trinajstić information content (AvgIpc) is 3.85. The van der Waals surface area contributed by atoms with Crippen molar-refractivity contribution < 1.29 is 13.7 Å². The maximum atomic E-state index is 17.6. The Morgan fingerprint density at radius 3 is 0.815 bits per heavy atom. The van der Waals surface area contributed by atoms with Crippen LogP contribution in [0, 0.1) is 0 Å². The lowest BCUT2D eigenvalue weighted by Crippen LogP contribution is -2.40. The monoisotopic (exact) mass is 790 g/mol. The standard InChI is InChI=1S/C46H33O3P3S2/c47-50(34-20-6-1-7-21-34,35-22-8-2-9-23-35)45-43(39-30-16-18-32-41(39)53-45)52(49,38-28-14-5-15-29-38)44-40-31-17-19-33-42(40)54-46(44)51(48,36-24-10-3-11-25-36)37-26-12-4-13-27-37/h1-33H. The predicted molar refractivity (Wildman–Crippen MR) is 235 cm³/mol. The van der Waals surface area contributed by atoms with E-state index in [0.717, 1.165) is 20.2 Å². The minimum Gasteiger partial charge on any atom is -0.308 e. The third-order valence-corrected chi connectivity index (χ3v) is 23.5. The third kappa shape index (κ3) is 5.50. The molecule has 0 aliphatic carbocycles. The van der Waals surface area contributed by atoms with Crippen LogP contribution in [0.1, 0.15) is 0 Å². The average molecular weight is 791 g/mol. The molecule has 3 nitrogen and oxygen atoms in total. The first kappa shape index (κ1) is 34.9. The molecule has 2 aromatic heterocycles. The third-order valence-electron chi connectivity index (χ3n) is 9.90. The first-order valence-corrected chi connectivity index (χ1v) is 24.3. The van der Waals surface area contributed by atoms with Crippen LogP contribution in [-0.2, 0) is 13.7 Å². The Hall–Kier alpha value is -4.85. The van der Waals surface area contributed by atoms with Crippen LogP contribution in [0.2, 0.25) is 0 Å². The largest absolute Gasteiger partial charge is 0.308 e. The zero-order valence-corrected chi connectivity index (χ0v) is 33.3. The zero-order chi connectivity index (χ0) is 36.8. The van der Waals surface area contributed by atoms with Crippen LogP contribution < -0.4 is 46.4 Å². The SMILES string of the molecule is O=P(c1ccccc1)(c1ccccc1)c1sc2ccccc2c1P(=O)(c1ccccc1)c1c(P(=O)(c2ccccc2)c2ccccc2)sc2ccccc12. The van der Waals surface area contributed by atoms with Gasteiger partial charge in [-0.25, -0.2) is 0 Å². The van der Waals surface area contributed by atoms with Crippen LogP contribution in [0.5, 0.6) is 0 Å². The Labute approximate surface area is 322 Å². The van der Waals surface area contributed by atoms with Crippen molar-refractivity contribution in [1.82, 2.24) is 0 Å². The van der Waals surface area contributed by atoms with Crippen molar-refractivity contribution in [3.63, 3.8) is 0 Å². The van der Waals surface area contributed by atoms with Gasteiger partial charge < -0.3 is 13.7 Å². The van der Waals surface area contributed by atoms with E-state index in [1.54, 1.807) is 0 Å². The first-order chi connectivity index (χ1) is 26.4. The lowest BCUT2D eigenvalue weighted by molar-refractivity contribution is 0.590. The van der Waals surface area contributed by atoms with Gasteiger partial charge in [-0.05, 0) is 12.1 Å². The Kier molecular flexibility index (Phi) is 9.11. The van der Waals surface area contributed by atoms with E-state index in [0.29, 0.717) is 46.4 Å². The van der Waals surface area contributed by atoms with Gasteiger partial charge in [-0.1, -0.05) is 188 Å². The molecule has 9 rings (SSSR count). The molecule has 0 saturated heterocycles. The highest BCUT2D eigenvalue weighted by Crippen LogP contribution is 2.56. The topological polar surface area (TPSA) is 51.2 Å². The number of benzene rings is 7. The molecule has 0 N–H and O–H groups in total. The summed E-state index contributed by atoms with van der Waals surface area (Å²) < 4.78 is 53.5. The molecular weight excluding hydrogens is 758 g/mol. The van der Waals surface area contributed by atoms with Crippen molar-refractivity contribution in [2.75, 3.05) is 0 Å². The summed E-state index contributed by atoms with van der Waals surface area (Å²) in [5, 5.41) is 5.91. The molecule has 0 unspecified atom stereocenters. The number of thiophene rings is 2. The molecule has 0 bridgehead atoms. The molecule has 0 radical (unpaired) electrons. The molecule has 0 saturated carbocycles. The molecule has 0 aliphatic rings. The van der Waals surface area contributed by atoms with Crippen LogP contribution in [0.25, 0.3) is 20.2 Å². The minimum atomic E-state index is -4.05. The highest BCUT2D eigenvalue weighted by molar-refractivity contribution is 7.97. The van der Waals surface area contributed by atoms with Gasteiger partial charge in [0, 0.05) is 46.7 Å². The van der Waals surface area contributed by atoms with E-state index in [2.05, 4.69) is 0 Å². The lowest BCUT2D eigenvalue weighted by atomic mass is 10.3. The molecule has 2 heterocycles. The maximum Gasteiger partial charge on any atom is 0.181 e. The van der Waals surface area contributed by atoms with Gasteiger partial charge >= 0.3 is 0 Å².